The van der Waals surface area contributed by atoms with E-state index in [9.17, 15) is 9.59 Å². The van der Waals surface area contributed by atoms with Crippen LogP contribution >= 0.6 is 0 Å². The summed E-state index contributed by atoms with van der Waals surface area (Å²) in [5.74, 6) is 0.167. The van der Waals surface area contributed by atoms with E-state index in [-0.39, 0.29) is 11.5 Å². The Bertz CT molecular complexity index is 666. The molecular weight excluding hydrogens is 258 g/mol. The number of nitrogens with zero attached hydrogens (tertiary/aromatic N) is 1. The fraction of sp³-hybridized carbons (Fsp3) is 0.357. The topological polar surface area (TPSA) is 84.1 Å². The Hall–Kier alpha value is -2.21. The molecule has 1 heterocycles. The molecule has 0 aliphatic rings. The van der Waals surface area contributed by atoms with E-state index < -0.39 is 6.04 Å². The third kappa shape index (κ3) is 3.21. The number of hydrogen-bond donors (Lipinski definition) is 2. The van der Waals surface area contributed by atoms with Crippen molar-refractivity contribution in [2.45, 2.75) is 26.4 Å². The van der Waals surface area contributed by atoms with Crippen LogP contribution in [-0.2, 0) is 16.1 Å². The number of aromatic amines is 1. The summed E-state index contributed by atoms with van der Waals surface area (Å²) in [4.78, 5) is 30.4. The van der Waals surface area contributed by atoms with Crippen molar-refractivity contribution in [2.24, 2.45) is 0 Å². The number of ether oxygens (including phenoxy) is 1. The average molecular weight is 275 g/mol. The third-order valence-corrected chi connectivity index (χ3v) is 2.88. The maximum Gasteiger partial charge on any atom is 0.322 e. The summed E-state index contributed by atoms with van der Waals surface area (Å²) in [7, 11) is 0. The van der Waals surface area contributed by atoms with E-state index in [0.717, 1.165) is 0 Å². The van der Waals surface area contributed by atoms with Gasteiger partial charge in [-0.3, -0.25) is 14.9 Å². The van der Waals surface area contributed by atoms with E-state index in [1.807, 2.05) is 6.07 Å². The van der Waals surface area contributed by atoms with E-state index in [1.54, 1.807) is 32.0 Å². The zero-order valence-electron chi connectivity index (χ0n) is 11.5. The van der Waals surface area contributed by atoms with Crippen LogP contribution in [0.15, 0.2) is 29.1 Å². The first-order valence-electron chi connectivity index (χ1n) is 6.49. The van der Waals surface area contributed by atoms with Crippen molar-refractivity contribution in [2.75, 3.05) is 6.61 Å². The molecule has 0 spiro atoms. The number of carbonyl (C=O) groups is 1. The number of fused-ring (bicyclic) bond motifs is 1. The van der Waals surface area contributed by atoms with E-state index in [2.05, 4.69) is 15.3 Å². The zero-order valence-corrected chi connectivity index (χ0v) is 11.5. The number of H-pyrrole nitrogens is 1. The highest BCUT2D eigenvalue weighted by Crippen LogP contribution is 2.05. The van der Waals surface area contributed by atoms with Crippen molar-refractivity contribution in [1.29, 1.82) is 0 Å². The number of esters is 1. The first kappa shape index (κ1) is 14.2. The molecule has 2 aromatic rings. The van der Waals surface area contributed by atoms with Crippen LogP contribution in [0.4, 0.5) is 0 Å². The molecule has 0 aliphatic carbocycles. The fourth-order valence-electron chi connectivity index (χ4n) is 1.82. The molecule has 0 aliphatic heterocycles. The van der Waals surface area contributed by atoms with E-state index in [4.69, 9.17) is 4.74 Å². The molecule has 1 atom stereocenters. The van der Waals surface area contributed by atoms with Crippen molar-refractivity contribution in [3.8, 4) is 0 Å². The monoisotopic (exact) mass is 275 g/mol. The maximum absolute atomic E-state index is 11.9. The predicted octanol–water partition coefficient (Wildman–Crippen LogP) is 0.964. The molecule has 6 nitrogen and oxygen atoms in total. The molecular formula is C14H17N3O3. The Labute approximate surface area is 116 Å². The molecule has 0 bridgehead atoms. The quantitative estimate of drug-likeness (QED) is 0.794. The average Bonchev–Trinajstić information content (AvgIpc) is 2.45. The van der Waals surface area contributed by atoms with Gasteiger partial charge in [0.1, 0.15) is 11.9 Å². The lowest BCUT2D eigenvalue weighted by atomic mass is 10.2. The summed E-state index contributed by atoms with van der Waals surface area (Å²) in [6, 6.07) is 6.67. The molecule has 1 aromatic heterocycles. The predicted molar refractivity (Wildman–Crippen MR) is 75.3 cm³/mol. The zero-order chi connectivity index (χ0) is 14.5. The van der Waals surface area contributed by atoms with Crippen LogP contribution in [0.3, 0.4) is 0 Å². The SMILES string of the molecule is CCOC(=O)C(C)NCc1nc2ccccc2c(=O)[nH]1. The standard InChI is InChI=1S/C14H17N3O3/c1-3-20-14(19)9(2)15-8-12-16-11-7-5-4-6-10(11)13(18)17-12/h4-7,9,15H,3,8H2,1-2H3,(H,16,17,18). The number of hydrogen-bond acceptors (Lipinski definition) is 5. The van der Waals surface area contributed by atoms with Gasteiger partial charge in [-0.15, -0.1) is 0 Å². The molecule has 0 saturated carbocycles. The molecule has 6 heteroatoms. The first-order chi connectivity index (χ1) is 9.61. The minimum atomic E-state index is -0.452. The van der Waals surface area contributed by atoms with Gasteiger partial charge in [-0.2, -0.15) is 0 Å². The smallest absolute Gasteiger partial charge is 0.322 e. The van der Waals surface area contributed by atoms with Crippen molar-refractivity contribution < 1.29 is 9.53 Å². The highest BCUT2D eigenvalue weighted by atomic mass is 16.5. The lowest BCUT2D eigenvalue weighted by Gasteiger charge is -2.12. The van der Waals surface area contributed by atoms with Crippen molar-refractivity contribution in [3.05, 3.63) is 40.4 Å². The molecule has 106 valence electrons. The minimum Gasteiger partial charge on any atom is -0.465 e. The minimum absolute atomic E-state index is 0.184. The lowest BCUT2D eigenvalue weighted by molar-refractivity contribution is -0.145. The number of para-hydroxylation sites is 1. The van der Waals surface area contributed by atoms with Crippen LogP contribution in [0, 0.1) is 0 Å². The van der Waals surface area contributed by atoms with Crippen LogP contribution in [0.2, 0.25) is 0 Å². The van der Waals surface area contributed by atoms with Crippen LogP contribution in [0.5, 0.6) is 0 Å². The van der Waals surface area contributed by atoms with Crippen LogP contribution < -0.4 is 10.9 Å². The van der Waals surface area contributed by atoms with Gasteiger partial charge in [-0.25, -0.2) is 4.98 Å². The Morgan fingerprint density at radius 3 is 2.95 bits per heavy atom. The third-order valence-electron chi connectivity index (χ3n) is 2.88. The number of rotatable bonds is 5. The van der Waals surface area contributed by atoms with E-state index >= 15 is 0 Å². The molecule has 1 aromatic carbocycles. The van der Waals surface area contributed by atoms with Gasteiger partial charge in [0.2, 0.25) is 0 Å². The highest BCUT2D eigenvalue weighted by molar-refractivity contribution is 5.77. The van der Waals surface area contributed by atoms with Gasteiger partial charge in [0.25, 0.3) is 5.56 Å². The summed E-state index contributed by atoms with van der Waals surface area (Å²) in [6.45, 7) is 4.10. The van der Waals surface area contributed by atoms with Crippen LogP contribution in [-0.4, -0.2) is 28.6 Å². The van der Waals surface area contributed by atoms with Crippen molar-refractivity contribution in [3.63, 3.8) is 0 Å². The molecule has 2 rings (SSSR count). The Balaban J connectivity index is 2.11. The Morgan fingerprint density at radius 2 is 2.20 bits per heavy atom. The lowest BCUT2D eigenvalue weighted by Crippen LogP contribution is -2.35. The van der Waals surface area contributed by atoms with Gasteiger partial charge < -0.3 is 9.72 Å². The number of carbonyl (C=O) groups excluding carboxylic acids is 1. The normalized spacial score (nSPS) is 12.3. The molecule has 0 amide bonds. The van der Waals surface area contributed by atoms with Crippen LogP contribution in [0.1, 0.15) is 19.7 Å². The maximum atomic E-state index is 11.9. The first-order valence-corrected chi connectivity index (χ1v) is 6.49. The van der Waals surface area contributed by atoms with Gasteiger partial charge in [0, 0.05) is 0 Å². The van der Waals surface area contributed by atoms with E-state index in [1.165, 1.54) is 0 Å². The van der Waals surface area contributed by atoms with Crippen molar-refractivity contribution >= 4 is 16.9 Å². The Kier molecular flexibility index (Phi) is 4.47. The summed E-state index contributed by atoms with van der Waals surface area (Å²) in [6.07, 6.45) is 0. The molecule has 2 N–H and O–H groups in total. The second-order valence-corrected chi connectivity index (χ2v) is 4.38. The van der Waals surface area contributed by atoms with Gasteiger partial charge in [-0.05, 0) is 26.0 Å². The van der Waals surface area contributed by atoms with Crippen molar-refractivity contribution in [1.82, 2.24) is 15.3 Å². The second-order valence-electron chi connectivity index (χ2n) is 4.38. The second kappa shape index (κ2) is 6.29. The number of nitrogens with one attached hydrogen (secondary N) is 2. The number of benzene rings is 1. The summed E-state index contributed by atoms with van der Waals surface area (Å²) in [5, 5.41) is 3.52. The largest absolute Gasteiger partial charge is 0.465 e. The Morgan fingerprint density at radius 1 is 1.45 bits per heavy atom. The highest BCUT2D eigenvalue weighted by Gasteiger charge is 2.13. The van der Waals surface area contributed by atoms with Gasteiger partial charge in [0.05, 0.1) is 24.1 Å². The molecule has 0 radical (unpaired) electrons. The molecule has 0 fully saturated rings. The molecule has 20 heavy (non-hydrogen) atoms. The molecule has 0 saturated heterocycles. The fourth-order valence-corrected chi connectivity index (χ4v) is 1.82. The van der Waals surface area contributed by atoms with Gasteiger partial charge >= 0.3 is 5.97 Å². The summed E-state index contributed by atoms with van der Waals surface area (Å²) < 4.78 is 4.89. The number of aromatic nitrogens is 2. The summed E-state index contributed by atoms with van der Waals surface area (Å²) >= 11 is 0. The van der Waals surface area contributed by atoms with Crippen LogP contribution in [0.25, 0.3) is 10.9 Å². The van der Waals surface area contributed by atoms with Gasteiger partial charge in [-0.1, -0.05) is 12.1 Å². The molecule has 1 unspecified atom stereocenters. The van der Waals surface area contributed by atoms with Gasteiger partial charge in [0.15, 0.2) is 0 Å². The summed E-state index contributed by atoms with van der Waals surface area (Å²) in [5.41, 5.74) is 0.452. The van der Waals surface area contributed by atoms with E-state index in [0.29, 0.717) is 29.9 Å².